The number of aromatic nitrogens is 7. The van der Waals surface area contributed by atoms with Crippen molar-refractivity contribution in [3.05, 3.63) is 135 Å². The van der Waals surface area contributed by atoms with Gasteiger partial charge in [0.05, 0.1) is 32.8 Å². The molecule has 0 aliphatic carbocycles. The maximum absolute atomic E-state index is 15.1. The first-order valence-electron chi connectivity index (χ1n) is 20.8. The number of benzene rings is 3. The minimum Gasteiger partial charge on any atom is -0.424 e. The quantitative estimate of drug-likeness (QED) is 0.157. The summed E-state index contributed by atoms with van der Waals surface area (Å²) in [5.74, 6) is 1.69. The lowest BCUT2D eigenvalue weighted by Crippen LogP contribution is -2.40. The highest BCUT2D eigenvalue weighted by Gasteiger charge is 2.37. The maximum atomic E-state index is 15.1. The lowest BCUT2D eigenvalue weighted by Gasteiger charge is -2.33. The summed E-state index contributed by atoms with van der Waals surface area (Å²) in [4.78, 5) is 32.2. The summed E-state index contributed by atoms with van der Waals surface area (Å²) in [5.41, 5.74) is 5.73. The highest BCUT2D eigenvalue weighted by Crippen LogP contribution is 2.38. The topological polar surface area (TPSA) is 148 Å². The van der Waals surface area contributed by atoms with Crippen molar-refractivity contribution in [1.82, 2.24) is 38.6 Å². The van der Waals surface area contributed by atoms with Crippen LogP contribution < -0.4 is 5.69 Å². The summed E-state index contributed by atoms with van der Waals surface area (Å²) in [6, 6.07) is 18.4. The van der Waals surface area contributed by atoms with Crippen molar-refractivity contribution in [3.63, 3.8) is 0 Å². The lowest BCUT2D eigenvalue weighted by molar-refractivity contribution is 0.0666. The zero-order chi connectivity index (χ0) is 42.2. The van der Waals surface area contributed by atoms with E-state index in [1.807, 2.05) is 22.5 Å². The highest BCUT2D eigenvalue weighted by molar-refractivity contribution is 7.93. The predicted octanol–water partition coefficient (Wildman–Crippen LogP) is 7.15. The average molecular weight is 844 g/mol. The van der Waals surface area contributed by atoms with Crippen molar-refractivity contribution in [2.75, 3.05) is 32.1 Å². The van der Waals surface area contributed by atoms with E-state index < -0.39 is 15.8 Å². The van der Waals surface area contributed by atoms with Crippen molar-refractivity contribution < 1.29 is 22.5 Å². The van der Waals surface area contributed by atoms with Crippen LogP contribution in [-0.2, 0) is 27.4 Å². The third-order valence-corrected chi connectivity index (χ3v) is 14.9. The molecule has 0 N–H and O–H groups in total. The molecule has 3 aliphatic heterocycles. The number of rotatable bonds is 8. The summed E-state index contributed by atoms with van der Waals surface area (Å²) in [5, 5.41) is 14.3. The van der Waals surface area contributed by atoms with E-state index in [4.69, 9.17) is 14.3 Å². The number of fused-ring (bicyclic) bond motifs is 2. The number of aryl methyl sites for hydroxylation is 3. The van der Waals surface area contributed by atoms with Gasteiger partial charge in [-0.3, -0.25) is 13.9 Å². The van der Waals surface area contributed by atoms with Gasteiger partial charge < -0.3 is 18.6 Å². The van der Waals surface area contributed by atoms with Crippen molar-refractivity contribution in [2.45, 2.75) is 76.8 Å². The van der Waals surface area contributed by atoms with E-state index in [-0.39, 0.29) is 24.0 Å². The van der Waals surface area contributed by atoms with E-state index in [1.165, 1.54) is 14.7 Å². The summed E-state index contributed by atoms with van der Waals surface area (Å²) < 4.78 is 50.9. The number of nitrogens with zero attached hydrogens (tertiary/aromatic N) is 9. The van der Waals surface area contributed by atoms with Crippen molar-refractivity contribution in [1.29, 1.82) is 0 Å². The molecule has 3 aliphatic rings. The van der Waals surface area contributed by atoms with Gasteiger partial charge in [0.15, 0.2) is 0 Å². The molecule has 0 bridgehead atoms. The molecule has 1 saturated heterocycles. The molecule has 61 heavy (non-hydrogen) atoms. The molecule has 10 rings (SSSR count). The molecule has 0 unspecified atom stereocenters. The zero-order valence-electron chi connectivity index (χ0n) is 34.5. The molecule has 1 amide bonds. The molecule has 0 radical (unpaired) electrons. The molecule has 4 aromatic heterocycles. The molecule has 7 aromatic rings. The summed E-state index contributed by atoms with van der Waals surface area (Å²) in [6.45, 7) is 9.72. The van der Waals surface area contributed by atoms with Crippen LogP contribution in [0.25, 0.3) is 28.1 Å². The van der Waals surface area contributed by atoms with Crippen LogP contribution in [0.3, 0.4) is 0 Å². The Labute approximate surface area is 351 Å². The van der Waals surface area contributed by atoms with Gasteiger partial charge in [-0.05, 0) is 117 Å². The first kappa shape index (κ1) is 39.0. The summed E-state index contributed by atoms with van der Waals surface area (Å²) >= 11 is 0. The van der Waals surface area contributed by atoms with E-state index in [1.54, 1.807) is 74.2 Å². The van der Waals surface area contributed by atoms with Gasteiger partial charge in [0.25, 0.3) is 5.91 Å². The molecule has 0 spiro atoms. The standard InChI is InChI=1S/C45H46FN9O5S/c1-27-22-35(23-28(2)42(27)46)55-43(53-18-17-52(45(53)57)34-7-9-36(10-8-34)61(58)21-5-15-47-61)41-29(3)51(16-12-37(41)50-55)44(56)39-25-33-24-32(31-13-19-59-20-14-31)6-11-38(33)54(39)26-40-49-48-30(4)60-40/h6-11,17-18,22-25,29,31H,5,12-16,19-21,26H2,1-4H3/t29-,61-/m0/s1. The van der Waals surface area contributed by atoms with Crippen LogP contribution in [0.15, 0.2) is 91.5 Å². The molecule has 3 aromatic carbocycles. The van der Waals surface area contributed by atoms with Gasteiger partial charge in [-0.1, -0.05) is 6.07 Å². The minimum atomic E-state index is -2.45. The lowest BCUT2D eigenvalue weighted by atomic mass is 9.91. The van der Waals surface area contributed by atoms with E-state index in [0.717, 1.165) is 49.1 Å². The van der Waals surface area contributed by atoms with Gasteiger partial charge in [0, 0.05) is 79.2 Å². The van der Waals surface area contributed by atoms with Crippen molar-refractivity contribution in [3.8, 4) is 17.2 Å². The Morgan fingerprint density at radius 1 is 0.934 bits per heavy atom. The molecule has 7 heterocycles. The van der Waals surface area contributed by atoms with Gasteiger partial charge in [-0.2, -0.15) is 5.10 Å². The van der Waals surface area contributed by atoms with E-state index in [9.17, 15) is 9.00 Å². The van der Waals surface area contributed by atoms with Gasteiger partial charge in [-0.25, -0.2) is 22.4 Å². The number of imidazole rings is 1. The number of hydrogen-bond acceptors (Lipinski definition) is 9. The first-order chi connectivity index (χ1) is 29.5. The highest BCUT2D eigenvalue weighted by atomic mass is 32.2. The summed E-state index contributed by atoms with van der Waals surface area (Å²) in [7, 11) is -2.45. The molecule has 2 atom stereocenters. The van der Waals surface area contributed by atoms with Crippen molar-refractivity contribution >= 4 is 26.5 Å². The Hall–Kier alpha value is -6.13. The number of carbonyl (C=O) groups is 1. The molecule has 314 valence electrons. The fourth-order valence-corrected chi connectivity index (χ4v) is 11.3. The number of amides is 1. The van der Waals surface area contributed by atoms with Crippen LogP contribution in [0.4, 0.5) is 4.39 Å². The molecule has 16 heteroatoms. The Kier molecular flexibility index (Phi) is 9.66. The van der Waals surface area contributed by atoms with Gasteiger partial charge >= 0.3 is 5.69 Å². The second-order valence-corrected chi connectivity index (χ2v) is 18.7. The molecular weight excluding hydrogens is 798 g/mol. The molecule has 14 nitrogen and oxygen atoms in total. The predicted molar refractivity (Wildman–Crippen MR) is 227 cm³/mol. The van der Waals surface area contributed by atoms with Crippen LogP contribution in [0, 0.1) is 26.6 Å². The fourth-order valence-electron chi connectivity index (χ4n) is 9.28. The molecular formula is C45H46FN9O5S. The average Bonchev–Trinajstić information content (AvgIpc) is 4.12. The SMILES string of the molecule is Cc1nnc(Cn2c(C(=O)N3CCc4nn(-c5cc(C)c(F)c(C)c5)c(-n5ccn(-c6ccc([S@]7(=O)=NCCC7)cc6)c5=O)c4[C@@H]3C)cc3cc(C4CCOCC4)ccc32)o1. The largest absolute Gasteiger partial charge is 0.424 e. The van der Waals surface area contributed by atoms with Gasteiger partial charge in [0.2, 0.25) is 11.8 Å². The Bertz CT molecular complexity index is 3030. The van der Waals surface area contributed by atoms with E-state index in [2.05, 4.69) is 32.8 Å². The number of carbonyl (C=O) groups excluding carboxylic acids is 1. The van der Waals surface area contributed by atoms with Crippen LogP contribution in [0.1, 0.15) is 88.4 Å². The Morgan fingerprint density at radius 2 is 1.69 bits per heavy atom. The minimum absolute atomic E-state index is 0.192. The number of ether oxygens (including phenoxy) is 1. The zero-order valence-corrected chi connectivity index (χ0v) is 35.3. The van der Waals surface area contributed by atoms with Crippen LogP contribution in [0.5, 0.6) is 0 Å². The van der Waals surface area contributed by atoms with E-state index >= 15 is 9.18 Å². The van der Waals surface area contributed by atoms with Crippen LogP contribution in [-0.4, -0.2) is 80.8 Å². The molecule has 0 saturated carbocycles. The van der Waals surface area contributed by atoms with Gasteiger partial charge in [0.1, 0.15) is 23.9 Å². The maximum Gasteiger partial charge on any atom is 0.338 e. The summed E-state index contributed by atoms with van der Waals surface area (Å²) in [6.07, 6.45) is 6.47. The Morgan fingerprint density at radius 3 is 2.39 bits per heavy atom. The first-order valence-corrected chi connectivity index (χ1v) is 22.5. The van der Waals surface area contributed by atoms with Crippen LogP contribution in [0.2, 0.25) is 0 Å². The monoisotopic (exact) mass is 843 g/mol. The van der Waals surface area contributed by atoms with E-state index in [0.29, 0.717) is 87.4 Å². The van der Waals surface area contributed by atoms with Gasteiger partial charge in [-0.15, -0.1) is 10.2 Å². The third-order valence-electron chi connectivity index (χ3n) is 12.4. The smallest absolute Gasteiger partial charge is 0.338 e. The number of hydrogen-bond donors (Lipinski definition) is 0. The van der Waals surface area contributed by atoms with Crippen LogP contribution >= 0.6 is 0 Å². The number of halogens is 1. The Balaban J connectivity index is 1.07. The third kappa shape index (κ3) is 6.72. The second kappa shape index (κ2) is 15.1. The second-order valence-electron chi connectivity index (χ2n) is 16.3. The van der Waals surface area contributed by atoms with Crippen molar-refractivity contribution in [2.24, 2.45) is 4.36 Å². The molecule has 1 fully saturated rings. The fraction of sp³-hybridized carbons (Fsp3) is 0.356. The normalized spacial score (nSPS) is 19.4.